The van der Waals surface area contributed by atoms with Gasteiger partial charge in [0.25, 0.3) is 5.56 Å². The summed E-state index contributed by atoms with van der Waals surface area (Å²) in [6.07, 6.45) is 0. The fraction of sp³-hybridized carbons (Fsp3) is 0.111. The van der Waals surface area contributed by atoms with E-state index in [1.54, 1.807) is 19.1 Å². The zero-order chi connectivity index (χ0) is 18.7. The van der Waals surface area contributed by atoms with Crippen molar-refractivity contribution in [2.24, 2.45) is 0 Å². The maximum Gasteiger partial charge on any atom is 0.267 e. The smallest absolute Gasteiger partial charge is 0.267 e. The van der Waals surface area contributed by atoms with Crippen molar-refractivity contribution in [1.82, 2.24) is 9.78 Å². The summed E-state index contributed by atoms with van der Waals surface area (Å²) in [5, 5.41) is 18.4. The highest BCUT2D eigenvalue weighted by Crippen LogP contribution is 2.23. The average molecular weight is 385 g/mol. The first kappa shape index (κ1) is 17.9. The molecule has 0 aliphatic heterocycles. The molecule has 26 heavy (non-hydrogen) atoms. The van der Waals surface area contributed by atoms with Gasteiger partial charge in [-0.05, 0) is 42.6 Å². The van der Waals surface area contributed by atoms with Crippen LogP contribution in [0.3, 0.4) is 0 Å². The highest BCUT2D eigenvalue weighted by molar-refractivity contribution is 7.13. The molecule has 1 aromatic carbocycles. The largest absolute Gasteiger partial charge is 0.323 e. The van der Waals surface area contributed by atoms with Crippen molar-refractivity contribution in [1.29, 1.82) is 5.26 Å². The van der Waals surface area contributed by atoms with Crippen LogP contribution in [-0.4, -0.2) is 15.7 Å². The Bertz CT molecular complexity index is 1050. The van der Waals surface area contributed by atoms with E-state index in [1.807, 2.05) is 23.6 Å². The molecule has 1 N–H and O–H groups in total. The molecule has 0 fully saturated rings. The van der Waals surface area contributed by atoms with Crippen LogP contribution in [0.1, 0.15) is 18.5 Å². The van der Waals surface area contributed by atoms with E-state index in [0.717, 1.165) is 9.56 Å². The fourth-order valence-corrected chi connectivity index (χ4v) is 3.19. The lowest BCUT2D eigenvalue weighted by Gasteiger charge is -2.15. The molecule has 0 saturated heterocycles. The van der Waals surface area contributed by atoms with Crippen molar-refractivity contribution in [2.75, 3.05) is 5.32 Å². The van der Waals surface area contributed by atoms with Gasteiger partial charge in [0.05, 0.1) is 16.1 Å². The van der Waals surface area contributed by atoms with Crippen molar-refractivity contribution in [3.8, 4) is 16.6 Å². The summed E-state index contributed by atoms with van der Waals surface area (Å²) < 4.78 is 1.13. The Kier molecular flexibility index (Phi) is 5.16. The van der Waals surface area contributed by atoms with E-state index in [2.05, 4.69) is 10.4 Å². The van der Waals surface area contributed by atoms with E-state index in [4.69, 9.17) is 16.9 Å². The number of hydrogen-bond acceptors (Lipinski definition) is 5. The second-order valence-corrected chi connectivity index (χ2v) is 6.83. The van der Waals surface area contributed by atoms with E-state index in [0.29, 0.717) is 16.4 Å². The number of amides is 1. The quantitative estimate of drug-likeness (QED) is 0.742. The number of thiophene rings is 1. The maximum atomic E-state index is 12.6. The molecule has 0 radical (unpaired) electrons. The molecule has 0 saturated carbocycles. The van der Waals surface area contributed by atoms with E-state index < -0.39 is 11.9 Å². The van der Waals surface area contributed by atoms with Crippen molar-refractivity contribution < 1.29 is 4.79 Å². The molecule has 8 heteroatoms. The van der Waals surface area contributed by atoms with Crippen LogP contribution in [0.5, 0.6) is 0 Å². The van der Waals surface area contributed by atoms with Gasteiger partial charge in [-0.3, -0.25) is 9.59 Å². The molecule has 0 bridgehead atoms. The topological polar surface area (TPSA) is 87.8 Å². The van der Waals surface area contributed by atoms with Crippen LogP contribution in [0.25, 0.3) is 10.6 Å². The first-order valence-electron chi connectivity index (χ1n) is 7.64. The van der Waals surface area contributed by atoms with Crippen LogP contribution in [-0.2, 0) is 4.79 Å². The third-order valence-corrected chi connectivity index (χ3v) is 4.83. The third kappa shape index (κ3) is 3.67. The van der Waals surface area contributed by atoms with Gasteiger partial charge in [0, 0.05) is 11.1 Å². The Morgan fingerprint density at radius 3 is 2.85 bits per heavy atom. The third-order valence-electron chi connectivity index (χ3n) is 3.70. The average Bonchev–Trinajstić information content (AvgIpc) is 3.16. The van der Waals surface area contributed by atoms with Gasteiger partial charge in [0.2, 0.25) is 5.91 Å². The molecule has 130 valence electrons. The predicted octanol–water partition coefficient (Wildman–Crippen LogP) is 3.70. The van der Waals surface area contributed by atoms with Crippen molar-refractivity contribution in [3.63, 3.8) is 0 Å². The summed E-state index contributed by atoms with van der Waals surface area (Å²) in [4.78, 5) is 25.6. The Hall–Kier alpha value is -2.95. The number of carbonyl (C=O) groups is 1. The minimum Gasteiger partial charge on any atom is -0.323 e. The summed E-state index contributed by atoms with van der Waals surface area (Å²) in [5.74, 6) is -0.471. The SMILES string of the molecule is CC(C(=O)Nc1cc(Cl)ccc1C#N)n1nc(-c2cccs2)ccc1=O. The molecular weight excluding hydrogens is 372 g/mol. The van der Waals surface area contributed by atoms with E-state index in [-0.39, 0.29) is 11.1 Å². The number of halogens is 1. The van der Waals surface area contributed by atoms with Gasteiger partial charge < -0.3 is 5.32 Å². The minimum atomic E-state index is -0.868. The van der Waals surface area contributed by atoms with Crippen LogP contribution in [0.4, 0.5) is 5.69 Å². The number of anilines is 1. The lowest BCUT2D eigenvalue weighted by molar-refractivity contribution is -0.119. The highest BCUT2D eigenvalue weighted by Gasteiger charge is 2.19. The lowest BCUT2D eigenvalue weighted by atomic mass is 10.2. The normalized spacial score (nSPS) is 11.6. The number of benzene rings is 1. The molecule has 1 atom stereocenters. The van der Waals surface area contributed by atoms with Crippen LogP contribution < -0.4 is 10.9 Å². The minimum absolute atomic E-state index is 0.280. The zero-order valence-corrected chi connectivity index (χ0v) is 15.2. The fourth-order valence-electron chi connectivity index (χ4n) is 2.32. The van der Waals surface area contributed by atoms with Gasteiger partial charge in [-0.15, -0.1) is 11.3 Å². The summed E-state index contributed by atoms with van der Waals surface area (Å²) in [5.41, 5.74) is 0.793. The van der Waals surface area contributed by atoms with Crippen molar-refractivity contribution >= 4 is 34.5 Å². The van der Waals surface area contributed by atoms with Crippen LogP contribution >= 0.6 is 22.9 Å². The molecule has 6 nitrogen and oxygen atoms in total. The second-order valence-electron chi connectivity index (χ2n) is 5.45. The summed E-state index contributed by atoms with van der Waals surface area (Å²) in [6.45, 7) is 1.57. The maximum absolute atomic E-state index is 12.6. The number of nitrogens with one attached hydrogen (secondary N) is 1. The number of nitriles is 1. The lowest BCUT2D eigenvalue weighted by Crippen LogP contribution is -2.33. The van der Waals surface area contributed by atoms with Gasteiger partial charge in [-0.1, -0.05) is 17.7 Å². The first-order valence-corrected chi connectivity index (χ1v) is 8.89. The van der Waals surface area contributed by atoms with Crippen molar-refractivity contribution in [3.05, 3.63) is 68.8 Å². The molecule has 1 unspecified atom stereocenters. The first-order chi connectivity index (χ1) is 12.5. The Morgan fingerprint density at radius 1 is 1.35 bits per heavy atom. The molecule has 2 heterocycles. The van der Waals surface area contributed by atoms with Gasteiger partial charge in [-0.2, -0.15) is 10.4 Å². The van der Waals surface area contributed by atoms with E-state index in [9.17, 15) is 9.59 Å². The monoisotopic (exact) mass is 384 g/mol. The second kappa shape index (κ2) is 7.52. The Balaban J connectivity index is 1.90. The van der Waals surface area contributed by atoms with Gasteiger partial charge in [-0.25, -0.2) is 4.68 Å². The van der Waals surface area contributed by atoms with Crippen LogP contribution in [0, 0.1) is 11.3 Å². The van der Waals surface area contributed by atoms with Gasteiger partial charge in [0.1, 0.15) is 17.8 Å². The summed E-state index contributed by atoms with van der Waals surface area (Å²) in [6, 6.07) is 12.5. The number of aromatic nitrogens is 2. The molecule has 0 spiro atoms. The molecule has 2 aromatic heterocycles. The number of nitrogens with zero attached hydrogens (tertiary/aromatic N) is 3. The Morgan fingerprint density at radius 2 is 2.15 bits per heavy atom. The number of carbonyl (C=O) groups excluding carboxylic acids is 1. The molecule has 1 amide bonds. The van der Waals surface area contributed by atoms with Gasteiger partial charge >= 0.3 is 0 Å². The molecule has 0 aliphatic rings. The Labute approximate surface area is 158 Å². The summed E-state index contributed by atoms with van der Waals surface area (Å²) in [7, 11) is 0. The molecule has 3 rings (SSSR count). The summed E-state index contributed by atoms with van der Waals surface area (Å²) >= 11 is 7.42. The van der Waals surface area contributed by atoms with E-state index in [1.165, 1.54) is 29.5 Å². The van der Waals surface area contributed by atoms with Gasteiger partial charge in [0.15, 0.2) is 0 Å². The standard InChI is InChI=1S/C18H13ClN4O2S/c1-11(18(25)21-15-9-13(19)5-4-12(15)10-20)23-17(24)7-6-14(22-23)16-3-2-8-26-16/h2-9,11H,1H3,(H,21,25). The molecular formula is C18H13ClN4O2S. The molecule has 0 aliphatic carbocycles. The highest BCUT2D eigenvalue weighted by atomic mass is 35.5. The molecule has 3 aromatic rings. The van der Waals surface area contributed by atoms with Crippen molar-refractivity contribution in [2.45, 2.75) is 13.0 Å². The number of hydrogen-bond donors (Lipinski definition) is 1. The van der Waals surface area contributed by atoms with Crippen LogP contribution in [0.15, 0.2) is 52.6 Å². The van der Waals surface area contributed by atoms with E-state index >= 15 is 0 Å². The zero-order valence-electron chi connectivity index (χ0n) is 13.6. The number of rotatable bonds is 4. The predicted molar refractivity (Wildman–Crippen MR) is 101 cm³/mol. The van der Waals surface area contributed by atoms with Crippen LogP contribution in [0.2, 0.25) is 5.02 Å².